The van der Waals surface area contributed by atoms with Crippen LogP contribution in [0.1, 0.15) is 5.76 Å². The minimum atomic E-state index is 0.590. The normalized spacial score (nSPS) is 11.3. The van der Waals surface area contributed by atoms with Crippen LogP contribution in [0.3, 0.4) is 0 Å². The van der Waals surface area contributed by atoms with Gasteiger partial charge in [0.2, 0.25) is 0 Å². The predicted molar refractivity (Wildman–Crippen MR) is 113 cm³/mol. The highest BCUT2D eigenvalue weighted by molar-refractivity contribution is 6.33. The van der Waals surface area contributed by atoms with Crippen molar-refractivity contribution < 1.29 is 4.52 Å². The molecule has 0 aliphatic rings. The van der Waals surface area contributed by atoms with Crippen molar-refractivity contribution in [3.8, 4) is 22.4 Å². The van der Waals surface area contributed by atoms with E-state index < -0.39 is 0 Å². The van der Waals surface area contributed by atoms with Crippen LogP contribution in [0.5, 0.6) is 0 Å². The standard InChI is InChI=1S/C21H17ClN6O/c1-12-16(10-25-29-12)13-3-4-18(17(22)5-13)27-21-7-20-14(8-23-21)6-19(26-20)15-9-24-28(2)11-15/h3-11,26H,1-2H3,(H,23,27). The van der Waals surface area contributed by atoms with Gasteiger partial charge in [-0.25, -0.2) is 4.98 Å². The monoisotopic (exact) mass is 404 g/mol. The topological polar surface area (TPSA) is 84.6 Å². The number of pyridine rings is 1. The van der Waals surface area contributed by atoms with E-state index in [2.05, 4.69) is 31.6 Å². The fourth-order valence-corrected chi connectivity index (χ4v) is 3.54. The number of fused-ring (bicyclic) bond motifs is 1. The molecule has 144 valence electrons. The van der Waals surface area contributed by atoms with Crippen molar-refractivity contribution in [1.29, 1.82) is 0 Å². The van der Waals surface area contributed by atoms with Crippen molar-refractivity contribution in [2.75, 3.05) is 5.32 Å². The molecule has 0 amide bonds. The summed E-state index contributed by atoms with van der Waals surface area (Å²) in [6.07, 6.45) is 7.32. The Morgan fingerprint density at radius 1 is 1.10 bits per heavy atom. The molecule has 4 heterocycles. The van der Waals surface area contributed by atoms with Crippen LogP contribution in [0.2, 0.25) is 5.02 Å². The molecule has 4 aromatic heterocycles. The lowest BCUT2D eigenvalue weighted by molar-refractivity contribution is 0.398. The molecular weight excluding hydrogens is 388 g/mol. The third kappa shape index (κ3) is 3.25. The molecule has 0 radical (unpaired) electrons. The Hall–Kier alpha value is -3.58. The van der Waals surface area contributed by atoms with Gasteiger partial charge in [-0.05, 0) is 30.7 Å². The highest BCUT2D eigenvalue weighted by Crippen LogP contribution is 2.32. The molecule has 2 N–H and O–H groups in total. The van der Waals surface area contributed by atoms with Gasteiger partial charge in [-0.2, -0.15) is 5.10 Å². The average Bonchev–Trinajstić information content (AvgIpc) is 3.42. The Morgan fingerprint density at radius 2 is 2.00 bits per heavy atom. The Morgan fingerprint density at radius 3 is 2.72 bits per heavy atom. The molecule has 0 saturated heterocycles. The molecule has 0 fully saturated rings. The zero-order chi connectivity index (χ0) is 20.0. The van der Waals surface area contributed by atoms with Crippen LogP contribution in [0.15, 0.2) is 59.6 Å². The van der Waals surface area contributed by atoms with Crippen LogP contribution < -0.4 is 5.32 Å². The van der Waals surface area contributed by atoms with Gasteiger partial charge < -0.3 is 14.8 Å². The van der Waals surface area contributed by atoms with Crippen molar-refractivity contribution in [3.05, 3.63) is 65.9 Å². The largest absolute Gasteiger partial charge is 0.361 e. The minimum absolute atomic E-state index is 0.590. The molecule has 0 unspecified atom stereocenters. The van der Waals surface area contributed by atoms with Gasteiger partial charge in [0.15, 0.2) is 0 Å². The van der Waals surface area contributed by atoms with E-state index in [4.69, 9.17) is 16.1 Å². The summed E-state index contributed by atoms with van der Waals surface area (Å²) >= 11 is 6.49. The van der Waals surface area contributed by atoms with Crippen LogP contribution in [-0.2, 0) is 7.05 Å². The fourth-order valence-electron chi connectivity index (χ4n) is 3.31. The van der Waals surface area contributed by atoms with Gasteiger partial charge in [0.05, 0.1) is 28.6 Å². The molecule has 0 aliphatic heterocycles. The van der Waals surface area contributed by atoms with Gasteiger partial charge in [0, 0.05) is 47.7 Å². The number of nitrogens with zero attached hydrogens (tertiary/aromatic N) is 4. The Labute approximate surface area is 171 Å². The molecule has 1 aromatic carbocycles. The summed E-state index contributed by atoms with van der Waals surface area (Å²) in [6, 6.07) is 9.81. The molecule has 5 rings (SSSR count). The first-order valence-electron chi connectivity index (χ1n) is 9.03. The number of aryl methyl sites for hydroxylation is 2. The smallest absolute Gasteiger partial charge is 0.141 e. The van der Waals surface area contributed by atoms with Gasteiger partial charge in [-0.3, -0.25) is 4.68 Å². The van der Waals surface area contributed by atoms with Crippen LogP contribution in [0, 0.1) is 6.92 Å². The first kappa shape index (κ1) is 17.5. The summed E-state index contributed by atoms with van der Waals surface area (Å²) < 4.78 is 6.91. The molecule has 29 heavy (non-hydrogen) atoms. The second-order valence-electron chi connectivity index (χ2n) is 6.86. The average molecular weight is 405 g/mol. The fraction of sp³-hybridized carbons (Fsp3) is 0.0952. The molecule has 5 aromatic rings. The lowest BCUT2D eigenvalue weighted by Crippen LogP contribution is -1.94. The highest BCUT2D eigenvalue weighted by Gasteiger charge is 2.11. The zero-order valence-electron chi connectivity index (χ0n) is 15.8. The molecule has 7 nitrogen and oxygen atoms in total. The number of hydrogen-bond acceptors (Lipinski definition) is 5. The molecular formula is C21H17ClN6O. The van der Waals surface area contributed by atoms with E-state index in [1.165, 1.54) is 0 Å². The quantitative estimate of drug-likeness (QED) is 0.423. The van der Waals surface area contributed by atoms with E-state index >= 15 is 0 Å². The lowest BCUT2D eigenvalue weighted by Gasteiger charge is -2.09. The molecule has 0 spiro atoms. The maximum Gasteiger partial charge on any atom is 0.141 e. The van der Waals surface area contributed by atoms with Crippen molar-refractivity contribution in [2.45, 2.75) is 6.92 Å². The van der Waals surface area contributed by atoms with E-state index in [0.29, 0.717) is 10.8 Å². The first-order chi connectivity index (χ1) is 14.1. The number of anilines is 2. The lowest BCUT2D eigenvalue weighted by atomic mass is 10.1. The third-order valence-electron chi connectivity index (χ3n) is 4.81. The molecule has 0 saturated carbocycles. The summed E-state index contributed by atoms with van der Waals surface area (Å²) in [4.78, 5) is 7.92. The third-order valence-corrected chi connectivity index (χ3v) is 5.13. The first-order valence-corrected chi connectivity index (χ1v) is 9.40. The van der Waals surface area contributed by atoms with Gasteiger partial charge in [-0.1, -0.05) is 22.8 Å². The number of benzene rings is 1. The Kier molecular flexibility index (Phi) is 4.10. The Balaban J connectivity index is 1.43. The summed E-state index contributed by atoms with van der Waals surface area (Å²) in [5.74, 6) is 1.46. The van der Waals surface area contributed by atoms with E-state index in [0.717, 1.165) is 44.7 Å². The second-order valence-corrected chi connectivity index (χ2v) is 7.26. The summed E-state index contributed by atoms with van der Waals surface area (Å²) in [7, 11) is 1.90. The van der Waals surface area contributed by atoms with Crippen molar-refractivity contribution >= 4 is 34.0 Å². The van der Waals surface area contributed by atoms with Crippen molar-refractivity contribution in [2.24, 2.45) is 7.05 Å². The van der Waals surface area contributed by atoms with E-state index in [1.54, 1.807) is 10.9 Å². The molecule has 0 bridgehead atoms. The van der Waals surface area contributed by atoms with Gasteiger partial charge in [0.1, 0.15) is 11.6 Å². The van der Waals surface area contributed by atoms with E-state index in [-0.39, 0.29) is 0 Å². The maximum absolute atomic E-state index is 6.49. The minimum Gasteiger partial charge on any atom is -0.361 e. The van der Waals surface area contributed by atoms with Crippen molar-refractivity contribution in [1.82, 2.24) is 24.9 Å². The summed E-state index contributed by atoms with van der Waals surface area (Å²) in [5, 5.41) is 12.9. The number of nitrogens with one attached hydrogen (secondary N) is 2. The predicted octanol–water partition coefficient (Wildman–Crippen LogP) is 5.32. The van der Waals surface area contributed by atoms with Gasteiger partial charge >= 0.3 is 0 Å². The number of aromatic amines is 1. The highest BCUT2D eigenvalue weighted by atomic mass is 35.5. The second kappa shape index (κ2) is 6.79. The summed E-state index contributed by atoms with van der Waals surface area (Å²) in [6.45, 7) is 1.87. The number of aromatic nitrogens is 5. The van der Waals surface area contributed by atoms with Gasteiger partial charge in [0.25, 0.3) is 0 Å². The molecule has 0 atom stereocenters. The van der Waals surface area contributed by atoms with Crippen LogP contribution in [0.25, 0.3) is 33.3 Å². The van der Waals surface area contributed by atoms with Crippen LogP contribution in [0.4, 0.5) is 11.5 Å². The van der Waals surface area contributed by atoms with Gasteiger partial charge in [-0.15, -0.1) is 0 Å². The zero-order valence-corrected chi connectivity index (χ0v) is 16.5. The number of rotatable bonds is 4. The van der Waals surface area contributed by atoms with Crippen molar-refractivity contribution in [3.63, 3.8) is 0 Å². The van der Waals surface area contributed by atoms with E-state index in [9.17, 15) is 0 Å². The van der Waals surface area contributed by atoms with E-state index in [1.807, 2.05) is 56.8 Å². The summed E-state index contributed by atoms with van der Waals surface area (Å²) in [5.41, 5.74) is 5.66. The molecule has 8 heteroatoms. The molecule has 0 aliphatic carbocycles. The maximum atomic E-state index is 6.49. The van der Waals surface area contributed by atoms with Crippen LogP contribution >= 0.6 is 11.6 Å². The number of halogens is 1. The number of hydrogen-bond donors (Lipinski definition) is 2. The number of H-pyrrole nitrogens is 1. The Bertz CT molecular complexity index is 1330. The van der Waals surface area contributed by atoms with Crippen LogP contribution in [-0.4, -0.2) is 24.9 Å². The SMILES string of the molecule is Cc1oncc1-c1ccc(Nc2cc3[nH]c(-c4cnn(C)c4)cc3cn2)c(Cl)c1.